The first kappa shape index (κ1) is 28.2. The van der Waals surface area contributed by atoms with Gasteiger partial charge in [0.25, 0.3) is 5.91 Å². The van der Waals surface area contributed by atoms with Crippen molar-refractivity contribution in [3.05, 3.63) is 98.4 Å². The summed E-state index contributed by atoms with van der Waals surface area (Å²) >= 11 is 13.9. The molecule has 0 unspecified atom stereocenters. The van der Waals surface area contributed by atoms with Crippen molar-refractivity contribution in [2.45, 2.75) is 13.5 Å². The van der Waals surface area contributed by atoms with E-state index in [-0.39, 0.29) is 47.0 Å². The van der Waals surface area contributed by atoms with Crippen LogP contribution in [0, 0.1) is 0 Å². The highest BCUT2D eigenvalue weighted by atomic mass is 35.5. The first-order valence-corrected chi connectivity index (χ1v) is 13.3. The lowest BCUT2D eigenvalue weighted by Crippen LogP contribution is -2.28. The smallest absolute Gasteiger partial charge is 0.344 e. The number of hydrogen-bond donors (Lipinski definition) is 1. The van der Waals surface area contributed by atoms with Gasteiger partial charge in [0.1, 0.15) is 0 Å². The van der Waals surface area contributed by atoms with E-state index in [4.69, 9.17) is 32.7 Å². The van der Waals surface area contributed by atoms with Crippen LogP contribution < -0.4 is 4.74 Å². The number of esters is 1. The number of carboxylic acids is 1. The second kappa shape index (κ2) is 12.8. The number of carbonyl (C=O) groups excluding carboxylic acids is 2. The summed E-state index contributed by atoms with van der Waals surface area (Å²) in [4.78, 5) is 42.9. The van der Waals surface area contributed by atoms with E-state index in [0.29, 0.717) is 21.3 Å². The first-order valence-electron chi connectivity index (χ1n) is 11.7. The molecule has 3 aromatic rings. The highest BCUT2D eigenvalue weighted by Crippen LogP contribution is 2.38. The molecule has 4 rings (SSSR count). The predicted molar refractivity (Wildman–Crippen MR) is 152 cm³/mol. The van der Waals surface area contributed by atoms with Crippen LogP contribution in [0.15, 0.2) is 76.6 Å². The molecule has 1 heterocycles. The zero-order valence-corrected chi connectivity index (χ0v) is 22.9. The third-order valence-corrected chi connectivity index (χ3v) is 6.94. The number of thioether (sulfide) groups is 1. The third-order valence-electron chi connectivity index (χ3n) is 5.37. The number of ether oxygens (including phenoxy) is 2. The maximum Gasteiger partial charge on any atom is 0.344 e. The fourth-order valence-electron chi connectivity index (χ4n) is 3.56. The molecule has 0 atom stereocenters. The third kappa shape index (κ3) is 7.20. The summed E-state index contributed by atoms with van der Waals surface area (Å²) < 4.78 is 10.3. The molecule has 1 saturated heterocycles. The van der Waals surface area contributed by atoms with Gasteiger partial charge >= 0.3 is 11.9 Å². The predicted octanol–water partition coefficient (Wildman–Crippen LogP) is 6.44. The Morgan fingerprint density at radius 1 is 1.05 bits per heavy atom. The largest absolute Gasteiger partial charge is 0.479 e. The van der Waals surface area contributed by atoms with Crippen LogP contribution in [-0.4, -0.2) is 46.2 Å². The van der Waals surface area contributed by atoms with Crippen LogP contribution in [0.2, 0.25) is 10.0 Å². The summed E-state index contributed by atoms with van der Waals surface area (Å²) in [6.07, 6.45) is 1.65. The fraction of sp³-hybridized carbons (Fsp3) is 0.143. The van der Waals surface area contributed by atoms with E-state index in [0.717, 1.165) is 5.56 Å². The number of rotatable bonds is 9. The lowest BCUT2D eigenvalue weighted by atomic mass is 10.1. The molecule has 0 spiro atoms. The van der Waals surface area contributed by atoms with Crippen molar-refractivity contribution in [2.75, 3.05) is 13.2 Å². The number of carboxylic acid groups (broad SMARTS) is 1. The minimum atomic E-state index is -1.03. The molecule has 39 heavy (non-hydrogen) atoms. The van der Waals surface area contributed by atoms with Crippen LogP contribution in [0.4, 0.5) is 5.69 Å². The van der Waals surface area contributed by atoms with E-state index in [1.807, 2.05) is 30.3 Å². The number of amidine groups is 1. The molecule has 0 bridgehead atoms. The second-order valence-electron chi connectivity index (χ2n) is 8.14. The van der Waals surface area contributed by atoms with Crippen LogP contribution >= 0.6 is 35.0 Å². The van der Waals surface area contributed by atoms with Crippen molar-refractivity contribution >= 4 is 69.7 Å². The Morgan fingerprint density at radius 3 is 2.33 bits per heavy atom. The van der Waals surface area contributed by atoms with E-state index in [1.165, 1.54) is 28.8 Å². The number of carbonyl (C=O) groups is 3. The van der Waals surface area contributed by atoms with Gasteiger partial charge in [-0.15, -0.1) is 0 Å². The van der Waals surface area contributed by atoms with Crippen LogP contribution in [0.5, 0.6) is 5.75 Å². The highest BCUT2D eigenvalue weighted by molar-refractivity contribution is 8.18. The van der Waals surface area contributed by atoms with E-state index < -0.39 is 11.9 Å². The zero-order valence-electron chi connectivity index (χ0n) is 20.6. The molecule has 200 valence electrons. The maximum absolute atomic E-state index is 13.5. The molecule has 0 aromatic heterocycles. The Bertz CT molecular complexity index is 1440. The Labute approximate surface area is 238 Å². The van der Waals surface area contributed by atoms with Gasteiger partial charge in [-0.2, -0.15) is 0 Å². The van der Waals surface area contributed by atoms with Gasteiger partial charge in [-0.3, -0.25) is 9.69 Å². The number of halogens is 2. The number of para-hydroxylation sites is 1. The normalized spacial score (nSPS) is 15.2. The Balaban J connectivity index is 1.62. The van der Waals surface area contributed by atoms with Crippen LogP contribution in [0.25, 0.3) is 6.08 Å². The molecule has 1 aliphatic heterocycles. The van der Waals surface area contributed by atoms with Gasteiger partial charge in [0.05, 0.1) is 39.4 Å². The summed E-state index contributed by atoms with van der Waals surface area (Å²) in [6.45, 7) is 1.76. The number of nitrogens with zero attached hydrogens (tertiary/aromatic N) is 2. The minimum Gasteiger partial charge on any atom is -0.479 e. The van der Waals surface area contributed by atoms with Crippen LogP contribution in [-0.2, 0) is 20.9 Å². The van der Waals surface area contributed by atoms with Gasteiger partial charge in [-0.05, 0) is 72.3 Å². The summed E-state index contributed by atoms with van der Waals surface area (Å²) in [5, 5.41) is 9.98. The molecular formula is C28H22Cl2N2O6S. The van der Waals surface area contributed by atoms with Crippen molar-refractivity contribution in [1.29, 1.82) is 0 Å². The average molecular weight is 585 g/mol. The monoisotopic (exact) mass is 584 g/mol. The van der Waals surface area contributed by atoms with Crippen molar-refractivity contribution in [2.24, 2.45) is 4.99 Å². The quantitative estimate of drug-likeness (QED) is 0.228. The molecular weight excluding hydrogens is 563 g/mol. The zero-order chi connectivity index (χ0) is 27.9. The second-order valence-corrected chi connectivity index (χ2v) is 9.96. The summed E-state index contributed by atoms with van der Waals surface area (Å²) in [6, 6.07) is 18.7. The van der Waals surface area contributed by atoms with Crippen molar-refractivity contribution in [3.63, 3.8) is 0 Å². The van der Waals surface area contributed by atoms with Crippen LogP contribution in [0.1, 0.15) is 28.4 Å². The molecule has 0 radical (unpaired) electrons. The molecule has 0 saturated carbocycles. The summed E-state index contributed by atoms with van der Waals surface area (Å²) in [7, 11) is 0. The van der Waals surface area contributed by atoms with Crippen LogP contribution in [0.3, 0.4) is 0 Å². The first-order chi connectivity index (χ1) is 18.7. The Kier molecular flexibility index (Phi) is 9.29. The Morgan fingerprint density at radius 2 is 1.72 bits per heavy atom. The topological polar surface area (TPSA) is 106 Å². The SMILES string of the molecule is CCOC(=O)COc1c(Cl)cc(C=C2SC(=Nc3ccccc3)N(Cc3ccc(C(=O)O)cc3)C2=O)cc1Cl. The lowest BCUT2D eigenvalue weighted by molar-refractivity contribution is -0.145. The molecule has 8 nitrogen and oxygen atoms in total. The van der Waals surface area contributed by atoms with E-state index in [2.05, 4.69) is 4.99 Å². The van der Waals surface area contributed by atoms with Crippen molar-refractivity contribution in [3.8, 4) is 5.75 Å². The van der Waals surface area contributed by atoms with Gasteiger partial charge < -0.3 is 14.6 Å². The molecule has 1 aliphatic rings. The molecule has 1 fully saturated rings. The molecule has 0 aliphatic carbocycles. The summed E-state index contributed by atoms with van der Waals surface area (Å²) in [5.74, 6) is -1.73. The fourth-order valence-corrected chi connectivity index (χ4v) is 5.18. The Hall–Kier alpha value is -3.79. The minimum absolute atomic E-state index is 0.136. The van der Waals surface area contributed by atoms with Crippen molar-refractivity contribution < 1.29 is 29.0 Å². The van der Waals surface area contributed by atoms with Gasteiger partial charge in [0.15, 0.2) is 17.5 Å². The van der Waals surface area contributed by atoms with Gasteiger partial charge in [-0.25, -0.2) is 14.6 Å². The number of benzene rings is 3. The van der Waals surface area contributed by atoms with E-state index in [9.17, 15) is 19.5 Å². The van der Waals surface area contributed by atoms with E-state index in [1.54, 1.807) is 37.3 Å². The number of aliphatic imine (C=N–C) groups is 1. The van der Waals surface area contributed by atoms with E-state index >= 15 is 0 Å². The molecule has 1 N–H and O–H groups in total. The maximum atomic E-state index is 13.5. The lowest BCUT2D eigenvalue weighted by Gasteiger charge is -2.16. The average Bonchev–Trinajstić information content (AvgIpc) is 3.18. The highest BCUT2D eigenvalue weighted by Gasteiger charge is 2.33. The number of aromatic carboxylic acids is 1. The number of amides is 1. The number of hydrogen-bond acceptors (Lipinski definition) is 7. The van der Waals surface area contributed by atoms with Gasteiger partial charge in [0, 0.05) is 0 Å². The summed E-state index contributed by atoms with van der Waals surface area (Å²) in [5.41, 5.74) is 2.12. The standard InChI is InChI=1S/C28H22Cl2N2O6S/c1-2-37-24(33)16-38-25-21(29)12-18(13-22(25)30)14-23-26(34)32(15-17-8-10-19(11-9-17)27(35)36)28(39-23)31-20-6-4-3-5-7-20/h3-14H,2,15-16H2,1H3,(H,35,36). The molecule has 3 aromatic carbocycles. The molecule has 1 amide bonds. The van der Waals surface area contributed by atoms with Crippen molar-refractivity contribution in [1.82, 2.24) is 4.90 Å². The van der Waals surface area contributed by atoms with Gasteiger partial charge in [0.2, 0.25) is 0 Å². The van der Waals surface area contributed by atoms with Gasteiger partial charge in [-0.1, -0.05) is 53.5 Å². The molecule has 11 heteroatoms.